The third kappa shape index (κ3) is 3.08. The van der Waals surface area contributed by atoms with Gasteiger partial charge in [-0.05, 0) is 12.1 Å². The number of rotatable bonds is 3. The van der Waals surface area contributed by atoms with E-state index in [1.165, 1.54) is 5.38 Å². The van der Waals surface area contributed by atoms with Crippen LogP contribution in [0.25, 0.3) is 0 Å². The lowest BCUT2D eigenvalue weighted by Gasteiger charge is -1.97. The predicted octanol–water partition coefficient (Wildman–Crippen LogP) is 1.16. The summed E-state index contributed by atoms with van der Waals surface area (Å²) >= 11 is 1.00. The van der Waals surface area contributed by atoms with Crippen molar-refractivity contribution in [1.29, 1.82) is 0 Å². The molecule has 0 saturated carbocycles. The fourth-order valence-electron chi connectivity index (χ4n) is 1.42. The first kappa shape index (κ1) is 13.0. The molecule has 1 amide bonds. The molecule has 7 heteroatoms. The number of carbonyl (C=O) groups excluding carboxylic acids is 1. The van der Waals surface area contributed by atoms with Gasteiger partial charge in [0.15, 0.2) is 0 Å². The lowest BCUT2D eigenvalue weighted by atomic mass is 10.2. The van der Waals surface area contributed by atoms with E-state index >= 15 is 0 Å². The van der Waals surface area contributed by atoms with Crippen LogP contribution in [-0.2, 0) is 11.2 Å². The highest BCUT2D eigenvalue weighted by atomic mass is 32.1. The maximum absolute atomic E-state index is 11.8. The SMILES string of the molecule is O=C(O)Cc1cs/c(=N\C(=O)c2ccccc2)n1O. The van der Waals surface area contributed by atoms with Gasteiger partial charge in [-0.2, -0.15) is 9.72 Å². The molecule has 0 saturated heterocycles. The number of carbonyl (C=O) groups is 2. The van der Waals surface area contributed by atoms with Gasteiger partial charge in [-0.1, -0.05) is 18.2 Å². The Hall–Kier alpha value is -2.41. The van der Waals surface area contributed by atoms with E-state index in [1.807, 2.05) is 0 Å². The highest BCUT2D eigenvalue weighted by Gasteiger charge is 2.10. The van der Waals surface area contributed by atoms with Gasteiger partial charge in [-0.15, -0.1) is 11.3 Å². The molecule has 1 heterocycles. The van der Waals surface area contributed by atoms with Crippen LogP contribution >= 0.6 is 11.3 Å². The topological polar surface area (TPSA) is 91.9 Å². The molecule has 1 aromatic carbocycles. The van der Waals surface area contributed by atoms with Gasteiger partial charge < -0.3 is 10.3 Å². The number of aromatic nitrogens is 1. The summed E-state index contributed by atoms with van der Waals surface area (Å²) in [5.41, 5.74) is 0.577. The number of thiazole rings is 1. The molecule has 0 unspecified atom stereocenters. The van der Waals surface area contributed by atoms with Crippen molar-refractivity contribution in [2.24, 2.45) is 4.99 Å². The van der Waals surface area contributed by atoms with Gasteiger partial charge in [0.1, 0.15) is 0 Å². The molecular formula is C12H10N2O4S. The van der Waals surface area contributed by atoms with Gasteiger partial charge in [-0.25, -0.2) is 0 Å². The van der Waals surface area contributed by atoms with E-state index in [9.17, 15) is 14.8 Å². The van der Waals surface area contributed by atoms with Crippen molar-refractivity contribution in [2.75, 3.05) is 0 Å². The zero-order valence-corrected chi connectivity index (χ0v) is 10.5. The van der Waals surface area contributed by atoms with Crippen molar-refractivity contribution in [3.63, 3.8) is 0 Å². The van der Waals surface area contributed by atoms with Gasteiger partial charge in [0, 0.05) is 10.9 Å². The summed E-state index contributed by atoms with van der Waals surface area (Å²) in [7, 11) is 0. The van der Waals surface area contributed by atoms with Crippen LogP contribution in [0.4, 0.5) is 0 Å². The normalized spacial score (nSPS) is 11.5. The molecule has 0 bridgehead atoms. The Kier molecular flexibility index (Phi) is 3.76. The Labute approximate surface area is 111 Å². The lowest BCUT2D eigenvalue weighted by Crippen LogP contribution is -2.18. The van der Waals surface area contributed by atoms with Crippen LogP contribution in [0.1, 0.15) is 16.1 Å². The molecule has 0 radical (unpaired) electrons. The Balaban J connectivity index is 2.32. The Morgan fingerprint density at radius 2 is 1.95 bits per heavy atom. The number of hydrogen-bond donors (Lipinski definition) is 2. The van der Waals surface area contributed by atoms with E-state index in [-0.39, 0.29) is 16.9 Å². The maximum atomic E-state index is 11.8. The number of amides is 1. The number of hydrogen-bond acceptors (Lipinski definition) is 4. The molecule has 2 N–H and O–H groups in total. The molecule has 19 heavy (non-hydrogen) atoms. The van der Waals surface area contributed by atoms with E-state index in [0.717, 1.165) is 11.3 Å². The molecule has 0 aliphatic carbocycles. The zero-order valence-electron chi connectivity index (χ0n) is 9.68. The number of benzene rings is 1. The molecule has 0 atom stereocenters. The van der Waals surface area contributed by atoms with E-state index in [4.69, 9.17) is 5.11 Å². The van der Waals surface area contributed by atoms with E-state index in [0.29, 0.717) is 10.3 Å². The fourth-order valence-corrected chi connectivity index (χ4v) is 2.20. The molecule has 2 aromatic rings. The third-order valence-corrected chi connectivity index (χ3v) is 3.17. The zero-order chi connectivity index (χ0) is 13.8. The molecule has 2 rings (SSSR count). The minimum atomic E-state index is -1.07. The monoisotopic (exact) mass is 278 g/mol. The van der Waals surface area contributed by atoms with Gasteiger partial charge in [0.2, 0.25) is 4.80 Å². The average Bonchev–Trinajstić information content (AvgIpc) is 2.72. The van der Waals surface area contributed by atoms with Crippen molar-refractivity contribution in [1.82, 2.24) is 4.73 Å². The largest absolute Gasteiger partial charge is 0.481 e. The second-order valence-corrected chi connectivity index (χ2v) is 4.51. The molecule has 0 spiro atoms. The van der Waals surface area contributed by atoms with Crippen LogP contribution in [-0.4, -0.2) is 26.9 Å². The van der Waals surface area contributed by atoms with Crippen LogP contribution in [0.2, 0.25) is 0 Å². The molecule has 0 fully saturated rings. The van der Waals surface area contributed by atoms with Crippen LogP contribution in [0.5, 0.6) is 0 Å². The lowest BCUT2D eigenvalue weighted by molar-refractivity contribution is -0.136. The van der Waals surface area contributed by atoms with Gasteiger partial charge >= 0.3 is 5.97 Å². The molecule has 98 valence electrons. The summed E-state index contributed by atoms with van der Waals surface area (Å²) < 4.78 is 0.625. The molecule has 1 aromatic heterocycles. The second-order valence-electron chi connectivity index (χ2n) is 3.67. The van der Waals surface area contributed by atoms with Crippen molar-refractivity contribution in [3.05, 3.63) is 51.8 Å². The quantitative estimate of drug-likeness (QED) is 0.824. The summed E-state index contributed by atoms with van der Waals surface area (Å²) in [5, 5.41) is 19.8. The Morgan fingerprint density at radius 3 is 2.58 bits per heavy atom. The van der Waals surface area contributed by atoms with E-state index < -0.39 is 11.9 Å². The first-order chi connectivity index (χ1) is 9.08. The molecule has 6 nitrogen and oxygen atoms in total. The number of carboxylic acids is 1. The van der Waals surface area contributed by atoms with Crippen LogP contribution in [0.3, 0.4) is 0 Å². The van der Waals surface area contributed by atoms with Crippen molar-refractivity contribution in [2.45, 2.75) is 6.42 Å². The summed E-state index contributed by atoms with van der Waals surface area (Å²) in [6, 6.07) is 8.41. The first-order valence-corrected chi connectivity index (χ1v) is 6.20. The van der Waals surface area contributed by atoms with Gasteiger partial charge in [0.25, 0.3) is 5.91 Å². The van der Waals surface area contributed by atoms with Crippen molar-refractivity contribution < 1.29 is 19.9 Å². The summed E-state index contributed by atoms with van der Waals surface area (Å²) in [6.07, 6.45) is -0.331. The number of nitrogens with zero attached hydrogens (tertiary/aromatic N) is 2. The summed E-state index contributed by atoms with van der Waals surface area (Å²) in [6.45, 7) is 0. The van der Waals surface area contributed by atoms with E-state index in [2.05, 4.69) is 4.99 Å². The van der Waals surface area contributed by atoms with Crippen LogP contribution in [0, 0.1) is 0 Å². The smallest absolute Gasteiger partial charge is 0.309 e. The minimum absolute atomic E-state index is 0.0464. The molecular weight excluding hydrogens is 268 g/mol. The minimum Gasteiger partial charge on any atom is -0.481 e. The van der Waals surface area contributed by atoms with Crippen LogP contribution in [0.15, 0.2) is 40.7 Å². The van der Waals surface area contributed by atoms with Gasteiger partial charge in [0.05, 0.1) is 12.1 Å². The van der Waals surface area contributed by atoms with E-state index in [1.54, 1.807) is 30.3 Å². The maximum Gasteiger partial charge on any atom is 0.309 e. The molecule has 0 aliphatic rings. The number of carboxylic acid groups (broad SMARTS) is 1. The fraction of sp³-hybridized carbons (Fsp3) is 0.0833. The van der Waals surface area contributed by atoms with Crippen LogP contribution < -0.4 is 4.80 Å². The Morgan fingerprint density at radius 1 is 1.26 bits per heavy atom. The molecule has 0 aliphatic heterocycles. The second kappa shape index (κ2) is 5.49. The average molecular weight is 278 g/mol. The summed E-state index contributed by atoms with van der Waals surface area (Å²) in [4.78, 5) is 26.2. The summed E-state index contributed by atoms with van der Waals surface area (Å²) in [5.74, 6) is -1.56. The first-order valence-electron chi connectivity index (χ1n) is 5.32. The standard InChI is InChI=1S/C12H10N2O4S/c15-10(16)6-9-7-19-12(14(9)18)13-11(17)8-4-2-1-3-5-8/h1-5,7,18H,6H2,(H,15,16)/b13-12-. The predicted molar refractivity (Wildman–Crippen MR) is 67.2 cm³/mol. The van der Waals surface area contributed by atoms with Gasteiger partial charge in [-0.3, -0.25) is 9.59 Å². The number of aliphatic carboxylic acids is 1. The third-order valence-electron chi connectivity index (χ3n) is 2.30. The highest BCUT2D eigenvalue weighted by Crippen LogP contribution is 2.03. The van der Waals surface area contributed by atoms with Crippen molar-refractivity contribution >= 4 is 23.2 Å². The Bertz CT molecular complexity index is 673. The van der Waals surface area contributed by atoms with Crippen molar-refractivity contribution in [3.8, 4) is 0 Å². The highest BCUT2D eigenvalue weighted by molar-refractivity contribution is 7.07.